The number of rotatable bonds is 4. The molecule has 92 valence electrons. The van der Waals surface area contributed by atoms with Crippen molar-refractivity contribution in [2.24, 2.45) is 0 Å². The highest BCUT2D eigenvalue weighted by molar-refractivity contribution is 9.10. The lowest BCUT2D eigenvalue weighted by molar-refractivity contribution is 0.0903. The topological polar surface area (TPSA) is 37.3 Å². The third kappa shape index (κ3) is 2.86. The van der Waals surface area contributed by atoms with E-state index in [4.69, 9.17) is 0 Å². The van der Waals surface area contributed by atoms with Crippen molar-refractivity contribution >= 4 is 21.7 Å². The van der Waals surface area contributed by atoms with Crippen LogP contribution in [0.2, 0.25) is 0 Å². The molecule has 0 radical (unpaired) electrons. The molecule has 0 saturated carbocycles. The van der Waals surface area contributed by atoms with Gasteiger partial charge in [0.2, 0.25) is 0 Å². The number of benzene rings is 2. The Hall–Kier alpha value is -1.45. The molecule has 0 saturated heterocycles. The number of hydrogen-bond acceptors (Lipinski definition) is 2. The van der Waals surface area contributed by atoms with E-state index < -0.39 is 10.9 Å². The first-order valence-corrected chi connectivity index (χ1v) is 6.58. The molecule has 0 bridgehead atoms. The van der Waals surface area contributed by atoms with E-state index in [1.807, 2.05) is 36.4 Å². The van der Waals surface area contributed by atoms with Crippen molar-refractivity contribution in [3.8, 4) is 0 Å². The van der Waals surface area contributed by atoms with Gasteiger partial charge < -0.3 is 5.11 Å². The number of Topliss-reactive ketones (excluding diaryl/α,β-unsaturated/α-hetero) is 1. The zero-order valence-electron chi connectivity index (χ0n) is 9.66. The summed E-state index contributed by atoms with van der Waals surface area (Å²) in [6, 6.07) is 18.1. The minimum atomic E-state index is -0.848. The summed E-state index contributed by atoms with van der Waals surface area (Å²) >= 11 is 3.28. The first kappa shape index (κ1) is 13.0. The van der Waals surface area contributed by atoms with Crippen LogP contribution in [0.15, 0.2) is 60.7 Å². The van der Waals surface area contributed by atoms with E-state index in [9.17, 15) is 9.90 Å². The van der Waals surface area contributed by atoms with Crippen molar-refractivity contribution in [3.63, 3.8) is 0 Å². The Kier molecular flexibility index (Phi) is 4.28. The predicted octanol–water partition coefficient (Wildman–Crippen LogP) is 3.37. The Bertz CT molecular complexity index is 511. The summed E-state index contributed by atoms with van der Waals surface area (Å²) in [5.41, 5.74) is 1.32. The van der Waals surface area contributed by atoms with Gasteiger partial charge in [-0.1, -0.05) is 76.6 Å². The molecule has 0 aromatic heterocycles. The van der Waals surface area contributed by atoms with Gasteiger partial charge in [-0.05, 0) is 5.56 Å². The molecule has 0 aliphatic heterocycles. The molecule has 2 aromatic rings. The fourth-order valence-corrected chi connectivity index (χ4v) is 2.29. The summed E-state index contributed by atoms with van der Waals surface area (Å²) < 4.78 is 0. The molecule has 18 heavy (non-hydrogen) atoms. The number of aliphatic hydroxyl groups is 1. The fraction of sp³-hybridized carbons (Fsp3) is 0.133. The Morgan fingerprint density at radius 1 is 0.944 bits per heavy atom. The molecule has 0 amide bonds. The van der Waals surface area contributed by atoms with Gasteiger partial charge in [-0.3, -0.25) is 4.79 Å². The van der Waals surface area contributed by atoms with Gasteiger partial charge in [-0.15, -0.1) is 0 Å². The summed E-state index contributed by atoms with van der Waals surface area (Å²) in [5, 5.41) is 10.2. The molecule has 2 unspecified atom stereocenters. The van der Waals surface area contributed by atoms with Crippen LogP contribution in [0.25, 0.3) is 0 Å². The number of ketones is 1. The second kappa shape index (κ2) is 5.94. The monoisotopic (exact) mass is 304 g/mol. The van der Waals surface area contributed by atoms with E-state index in [-0.39, 0.29) is 5.78 Å². The normalized spacial score (nSPS) is 13.9. The van der Waals surface area contributed by atoms with Gasteiger partial charge in [0.05, 0.1) is 6.10 Å². The lowest BCUT2D eigenvalue weighted by Crippen LogP contribution is -2.22. The molecule has 0 aliphatic rings. The molecule has 0 fully saturated rings. The van der Waals surface area contributed by atoms with Gasteiger partial charge in [0, 0.05) is 5.56 Å². The highest BCUT2D eigenvalue weighted by atomic mass is 79.9. The minimum absolute atomic E-state index is 0.119. The Morgan fingerprint density at radius 3 is 2.00 bits per heavy atom. The summed E-state index contributed by atoms with van der Waals surface area (Å²) in [6.07, 6.45) is -0.848. The van der Waals surface area contributed by atoms with E-state index >= 15 is 0 Å². The number of carbonyl (C=O) groups is 1. The molecule has 3 heteroatoms. The van der Waals surface area contributed by atoms with Crippen molar-refractivity contribution in [1.29, 1.82) is 0 Å². The summed E-state index contributed by atoms with van der Waals surface area (Å²) in [5.74, 6) is -0.119. The Labute approximate surface area is 114 Å². The highest BCUT2D eigenvalue weighted by Gasteiger charge is 2.25. The standard InChI is InChI=1S/C15H13BrO2/c16-13(14(17)11-7-3-1-4-8-11)15(18)12-9-5-2-6-10-12/h1-10,13-14,17H. The minimum Gasteiger partial charge on any atom is -0.387 e. The number of hydrogen-bond donors (Lipinski definition) is 1. The molecule has 0 spiro atoms. The zero-order valence-corrected chi connectivity index (χ0v) is 11.2. The second-order valence-corrected chi connectivity index (χ2v) is 4.97. The van der Waals surface area contributed by atoms with Gasteiger partial charge in [-0.25, -0.2) is 0 Å². The third-order valence-corrected chi connectivity index (χ3v) is 3.64. The van der Waals surface area contributed by atoms with Crippen LogP contribution in [0.1, 0.15) is 22.0 Å². The van der Waals surface area contributed by atoms with Crippen LogP contribution in [0, 0.1) is 0 Å². The lowest BCUT2D eigenvalue weighted by atomic mass is 10.0. The van der Waals surface area contributed by atoms with Gasteiger partial charge in [0.1, 0.15) is 4.83 Å². The molecule has 0 aliphatic carbocycles. The predicted molar refractivity (Wildman–Crippen MR) is 74.9 cm³/mol. The van der Waals surface area contributed by atoms with Gasteiger partial charge in [0.25, 0.3) is 0 Å². The van der Waals surface area contributed by atoms with Gasteiger partial charge >= 0.3 is 0 Å². The SMILES string of the molecule is O=C(c1ccccc1)C(Br)C(O)c1ccccc1. The van der Waals surface area contributed by atoms with Crippen LogP contribution in [0.4, 0.5) is 0 Å². The van der Waals surface area contributed by atoms with Gasteiger partial charge in [-0.2, -0.15) is 0 Å². The number of alkyl halides is 1. The van der Waals surface area contributed by atoms with Crippen LogP contribution < -0.4 is 0 Å². The van der Waals surface area contributed by atoms with E-state index in [2.05, 4.69) is 15.9 Å². The Balaban J connectivity index is 2.17. The summed E-state index contributed by atoms with van der Waals surface area (Å²) in [6.45, 7) is 0. The van der Waals surface area contributed by atoms with Crippen molar-refractivity contribution in [2.75, 3.05) is 0 Å². The third-order valence-electron chi connectivity index (χ3n) is 2.73. The van der Waals surface area contributed by atoms with E-state index in [1.165, 1.54) is 0 Å². The average Bonchev–Trinajstić information content (AvgIpc) is 2.47. The van der Waals surface area contributed by atoms with E-state index in [1.54, 1.807) is 24.3 Å². The first-order chi connectivity index (χ1) is 8.70. The van der Waals surface area contributed by atoms with Crippen LogP contribution in [-0.2, 0) is 0 Å². The molecule has 2 aromatic carbocycles. The highest BCUT2D eigenvalue weighted by Crippen LogP contribution is 2.25. The van der Waals surface area contributed by atoms with Crippen molar-refractivity contribution in [3.05, 3.63) is 71.8 Å². The number of aliphatic hydroxyl groups excluding tert-OH is 1. The van der Waals surface area contributed by atoms with Crippen LogP contribution in [0.3, 0.4) is 0 Å². The van der Waals surface area contributed by atoms with Crippen LogP contribution >= 0.6 is 15.9 Å². The molecule has 2 rings (SSSR count). The Morgan fingerprint density at radius 2 is 1.44 bits per heavy atom. The van der Waals surface area contributed by atoms with Crippen molar-refractivity contribution in [1.82, 2.24) is 0 Å². The maximum atomic E-state index is 12.2. The first-order valence-electron chi connectivity index (χ1n) is 5.66. The molecular weight excluding hydrogens is 292 g/mol. The van der Waals surface area contributed by atoms with Crippen molar-refractivity contribution < 1.29 is 9.90 Å². The summed E-state index contributed by atoms with van der Waals surface area (Å²) in [4.78, 5) is 11.5. The number of carbonyl (C=O) groups excluding carboxylic acids is 1. The van der Waals surface area contributed by atoms with Crippen LogP contribution in [0.5, 0.6) is 0 Å². The molecule has 2 atom stereocenters. The molecule has 0 heterocycles. The largest absolute Gasteiger partial charge is 0.387 e. The van der Waals surface area contributed by atoms with Gasteiger partial charge in [0.15, 0.2) is 5.78 Å². The fourth-order valence-electron chi connectivity index (χ4n) is 1.72. The number of halogens is 1. The zero-order chi connectivity index (χ0) is 13.0. The van der Waals surface area contributed by atoms with Crippen LogP contribution in [-0.4, -0.2) is 15.7 Å². The van der Waals surface area contributed by atoms with E-state index in [0.29, 0.717) is 5.56 Å². The molecule has 1 N–H and O–H groups in total. The maximum Gasteiger partial charge on any atom is 0.179 e. The quantitative estimate of drug-likeness (QED) is 0.694. The molecule has 2 nitrogen and oxygen atoms in total. The van der Waals surface area contributed by atoms with Crippen molar-refractivity contribution in [2.45, 2.75) is 10.9 Å². The smallest absolute Gasteiger partial charge is 0.179 e. The maximum absolute atomic E-state index is 12.2. The van der Waals surface area contributed by atoms with E-state index in [0.717, 1.165) is 5.56 Å². The average molecular weight is 305 g/mol. The molecular formula is C15H13BrO2. The summed E-state index contributed by atoms with van der Waals surface area (Å²) in [7, 11) is 0. The second-order valence-electron chi connectivity index (χ2n) is 3.99. The lowest BCUT2D eigenvalue weighted by Gasteiger charge is -2.16.